The number of aromatic amines is 1. The van der Waals surface area contributed by atoms with E-state index in [9.17, 15) is 0 Å². The van der Waals surface area contributed by atoms with Gasteiger partial charge in [-0.15, -0.1) is 0 Å². The molecule has 0 bridgehead atoms. The molecule has 1 aromatic heterocycles. The second-order valence-electron chi connectivity index (χ2n) is 7.21. The molecule has 0 saturated carbocycles. The molecule has 0 aromatic carbocycles. The molecular weight excluding hydrogens is 346 g/mol. The van der Waals surface area contributed by atoms with Gasteiger partial charge in [0.2, 0.25) is 0 Å². The molecule has 0 amide bonds. The number of rotatable bonds is 16. The maximum absolute atomic E-state index is 4.36. The zero-order valence-corrected chi connectivity index (χ0v) is 19.5. The topological polar surface area (TPSA) is 28.7 Å². The van der Waals surface area contributed by atoms with Crippen molar-refractivity contribution in [3.05, 3.63) is 17.7 Å². The van der Waals surface area contributed by atoms with Gasteiger partial charge in [-0.3, -0.25) is 0 Å². The monoisotopic (exact) mass is 384 g/mol. The molecule has 0 aliphatic heterocycles. The third kappa shape index (κ3) is 14.2. The van der Waals surface area contributed by atoms with Crippen LogP contribution < -0.4 is 0 Å². The minimum Gasteiger partial charge on any atom is -0.346 e. The van der Waals surface area contributed by atoms with Gasteiger partial charge in [0.25, 0.3) is 0 Å². The van der Waals surface area contributed by atoms with Gasteiger partial charge in [0.15, 0.2) is 0 Å². The van der Waals surface area contributed by atoms with Crippen LogP contribution in [0.25, 0.3) is 0 Å². The average molecular weight is 386 g/mol. The first-order valence-corrected chi connectivity index (χ1v) is 10.3. The largest absolute Gasteiger partial charge is 2.00 e. The van der Waals surface area contributed by atoms with E-state index in [1.165, 1.54) is 102 Å². The first kappa shape index (κ1) is 23.8. The van der Waals surface area contributed by atoms with E-state index in [0.29, 0.717) is 0 Å². The second kappa shape index (κ2) is 17.6. The Morgan fingerprint density at radius 1 is 0.708 bits per heavy atom. The van der Waals surface area contributed by atoms with Gasteiger partial charge in [-0.1, -0.05) is 96.8 Å². The molecule has 1 rings (SSSR count). The summed E-state index contributed by atoms with van der Waals surface area (Å²) in [5.74, 6) is 1.16. The number of unbranched alkanes of at least 4 members (excludes halogenated alkanes) is 14. The van der Waals surface area contributed by atoms with Crippen molar-refractivity contribution in [2.45, 2.75) is 117 Å². The number of nitrogens with one attached hydrogen (secondary N) is 1. The molecule has 1 heterocycles. The summed E-state index contributed by atoms with van der Waals surface area (Å²) in [5.41, 5.74) is 1.18. The fourth-order valence-corrected chi connectivity index (χ4v) is 3.26. The fraction of sp³-hybridized carbons (Fsp3) is 0.857. The van der Waals surface area contributed by atoms with E-state index in [2.05, 4.69) is 23.8 Å². The van der Waals surface area contributed by atoms with E-state index in [1.807, 2.05) is 6.20 Å². The van der Waals surface area contributed by atoms with Crippen LogP contribution in [0.5, 0.6) is 0 Å². The molecule has 0 radical (unpaired) electrons. The summed E-state index contributed by atoms with van der Waals surface area (Å²) in [5, 5.41) is 0. The number of hydrogen-bond acceptors (Lipinski definition) is 1. The van der Waals surface area contributed by atoms with Gasteiger partial charge in [-0.05, 0) is 13.3 Å². The number of hydrogen-bond donors (Lipinski definition) is 1. The van der Waals surface area contributed by atoms with Crippen LogP contribution in [0.1, 0.15) is 115 Å². The van der Waals surface area contributed by atoms with E-state index in [0.717, 1.165) is 12.2 Å². The predicted molar refractivity (Wildman–Crippen MR) is 102 cm³/mol. The molecule has 0 unspecified atom stereocenters. The Labute approximate surface area is 163 Å². The molecule has 0 spiro atoms. The number of imidazole rings is 1. The Balaban J connectivity index is 0.00000529. The second-order valence-corrected chi connectivity index (χ2v) is 7.21. The maximum atomic E-state index is 4.36. The van der Waals surface area contributed by atoms with Crippen molar-refractivity contribution in [1.82, 2.24) is 9.97 Å². The van der Waals surface area contributed by atoms with Gasteiger partial charge < -0.3 is 4.98 Å². The molecule has 134 valence electrons. The van der Waals surface area contributed by atoms with Gasteiger partial charge in [0.1, 0.15) is 5.82 Å². The van der Waals surface area contributed by atoms with E-state index in [4.69, 9.17) is 0 Å². The van der Waals surface area contributed by atoms with E-state index in [-0.39, 0.29) is 19.5 Å². The van der Waals surface area contributed by atoms with Gasteiger partial charge in [0.05, 0.1) is 0 Å². The molecule has 1 aromatic rings. The third-order valence-corrected chi connectivity index (χ3v) is 4.77. The predicted octanol–water partition coefficient (Wildman–Crippen LogP) is 7.13. The van der Waals surface area contributed by atoms with Crippen molar-refractivity contribution in [1.29, 1.82) is 0 Å². The normalized spacial score (nSPS) is 10.8. The molecule has 0 atom stereocenters. The molecule has 0 saturated heterocycles. The molecular formula is C21H40N2Zn+2. The minimum absolute atomic E-state index is 0. The van der Waals surface area contributed by atoms with Crippen LogP contribution in [-0.2, 0) is 25.9 Å². The Bertz CT molecular complexity index is 362. The van der Waals surface area contributed by atoms with Crippen LogP contribution in [0.15, 0.2) is 6.20 Å². The molecule has 1 N–H and O–H groups in total. The molecule has 0 aliphatic carbocycles. The smallest absolute Gasteiger partial charge is 0.346 e. The van der Waals surface area contributed by atoms with Crippen LogP contribution in [-0.4, -0.2) is 9.97 Å². The summed E-state index contributed by atoms with van der Waals surface area (Å²) < 4.78 is 0. The zero-order valence-electron chi connectivity index (χ0n) is 16.5. The Hall–Kier alpha value is -0.167. The van der Waals surface area contributed by atoms with E-state index >= 15 is 0 Å². The standard InChI is InChI=1S/C21H40N2.Zn/c1-3-4-5-6-7-8-9-10-11-12-13-14-15-16-17-18-21-22-19-20(2)23-21;/h19H,3-18H2,1-2H3,(H,22,23);/q;+2. The van der Waals surface area contributed by atoms with Crippen molar-refractivity contribution in [2.75, 3.05) is 0 Å². The number of aromatic nitrogens is 2. The maximum Gasteiger partial charge on any atom is 2.00 e. The Morgan fingerprint density at radius 2 is 1.12 bits per heavy atom. The molecule has 0 aliphatic rings. The number of nitrogens with zero attached hydrogens (tertiary/aromatic N) is 1. The van der Waals surface area contributed by atoms with Crippen molar-refractivity contribution in [2.24, 2.45) is 0 Å². The van der Waals surface area contributed by atoms with Crippen molar-refractivity contribution in [3.63, 3.8) is 0 Å². The Morgan fingerprint density at radius 3 is 1.50 bits per heavy atom. The van der Waals surface area contributed by atoms with Crippen LogP contribution in [0.4, 0.5) is 0 Å². The summed E-state index contributed by atoms with van der Waals surface area (Å²) in [6.45, 7) is 4.36. The van der Waals surface area contributed by atoms with Crippen molar-refractivity contribution >= 4 is 0 Å². The fourth-order valence-electron chi connectivity index (χ4n) is 3.26. The minimum atomic E-state index is 0. The van der Waals surface area contributed by atoms with Crippen LogP contribution in [0.3, 0.4) is 0 Å². The first-order valence-electron chi connectivity index (χ1n) is 10.3. The summed E-state index contributed by atoms with van der Waals surface area (Å²) in [6, 6.07) is 0. The summed E-state index contributed by atoms with van der Waals surface area (Å²) in [4.78, 5) is 7.68. The van der Waals surface area contributed by atoms with Gasteiger partial charge >= 0.3 is 19.5 Å². The van der Waals surface area contributed by atoms with Gasteiger partial charge in [-0.2, -0.15) is 0 Å². The molecule has 2 nitrogen and oxygen atoms in total. The van der Waals surface area contributed by atoms with Gasteiger partial charge in [0, 0.05) is 18.3 Å². The zero-order chi connectivity index (χ0) is 16.6. The third-order valence-electron chi connectivity index (χ3n) is 4.77. The van der Waals surface area contributed by atoms with Crippen LogP contribution in [0, 0.1) is 6.92 Å². The molecule has 0 fully saturated rings. The van der Waals surface area contributed by atoms with E-state index in [1.54, 1.807) is 0 Å². The molecule has 24 heavy (non-hydrogen) atoms. The molecule has 3 heteroatoms. The SMILES string of the molecule is CCCCCCCCCCCCCCCCCc1ncc(C)[nH]1.[Zn+2]. The van der Waals surface area contributed by atoms with E-state index < -0.39 is 0 Å². The van der Waals surface area contributed by atoms with Crippen LogP contribution >= 0.6 is 0 Å². The van der Waals surface area contributed by atoms with Crippen LogP contribution in [0.2, 0.25) is 0 Å². The summed E-state index contributed by atoms with van der Waals surface area (Å²) >= 11 is 0. The van der Waals surface area contributed by atoms with Gasteiger partial charge in [-0.25, -0.2) is 4.98 Å². The number of aryl methyl sites for hydroxylation is 2. The summed E-state index contributed by atoms with van der Waals surface area (Å²) in [6.07, 6.45) is 24.4. The average Bonchev–Trinajstić information content (AvgIpc) is 2.96. The number of H-pyrrole nitrogens is 1. The van der Waals surface area contributed by atoms with Crippen molar-refractivity contribution < 1.29 is 19.5 Å². The first-order chi connectivity index (χ1) is 11.3. The Kier molecular flexibility index (Phi) is 17.5. The summed E-state index contributed by atoms with van der Waals surface area (Å²) in [7, 11) is 0. The quantitative estimate of drug-likeness (QED) is 0.238. The van der Waals surface area contributed by atoms with Crippen molar-refractivity contribution in [3.8, 4) is 0 Å².